The molecule has 0 aliphatic carbocycles. The minimum Gasteiger partial charge on any atom is -0.383 e. The van der Waals surface area contributed by atoms with Gasteiger partial charge in [-0.3, -0.25) is 9.80 Å². The van der Waals surface area contributed by atoms with E-state index in [1.165, 1.54) is 25.9 Å². The van der Waals surface area contributed by atoms with Crippen LogP contribution in [0.3, 0.4) is 0 Å². The Hall–Kier alpha value is -1.24. The van der Waals surface area contributed by atoms with Crippen LogP contribution >= 0.6 is 11.3 Å². The maximum absolute atomic E-state index is 6.02. The molecule has 2 aliphatic heterocycles. The molecule has 6 heteroatoms. The Kier molecular flexibility index (Phi) is 3.09. The van der Waals surface area contributed by atoms with Crippen LogP contribution in [-0.2, 0) is 6.54 Å². The average molecular weight is 289 g/mol. The second-order valence-electron chi connectivity index (χ2n) is 5.73. The van der Waals surface area contributed by atoms with Gasteiger partial charge in [-0.2, -0.15) is 0 Å². The molecule has 0 bridgehead atoms. The summed E-state index contributed by atoms with van der Waals surface area (Å²) in [5.74, 6) is 1.48. The SMILES string of the molecule is Nc1nc(CN2CCN3CCCC3C2)nc2sccc12. The third kappa shape index (κ3) is 2.17. The van der Waals surface area contributed by atoms with E-state index in [1.807, 2.05) is 11.4 Å². The van der Waals surface area contributed by atoms with Crippen molar-refractivity contribution in [3.05, 3.63) is 17.3 Å². The quantitative estimate of drug-likeness (QED) is 0.909. The monoisotopic (exact) mass is 289 g/mol. The van der Waals surface area contributed by atoms with Gasteiger partial charge >= 0.3 is 0 Å². The Labute approximate surface area is 122 Å². The van der Waals surface area contributed by atoms with Crippen molar-refractivity contribution in [3.63, 3.8) is 0 Å². The van der Waals surface area contributed by atoms with Gasteiger partial charge in [-0.25, -0.2) is 9.97 Å². The van der Waals surface area contributed by atoms with Gasteiger partial charge in [0.05, 0.1) is 11.9 Å². The third-order valence-corrected chi connectivity index (χ3v) is 5.24. The van der Waals surface area contributed by atoms with Crippen molar-refractivity contribution >= 4 is 27.4 Å². The molecule has 0 aromatic carbocycles. The van der Waals surface area contributed by atoms with E-state index in [1.54, 1.807) is 11.3 Å². The van der Waals surface area contributed by atoms with Crippen LogP contribution in [0.5, 0.6) is 0 Å². The molecule has 5 nitrogen and oxygen atoms in total. The highest BCUT2D eigenvalue weighted by Crippen LogP contribution is 2.25. The molecule has 2 saturated heterocycles. The molecule has 2 aliphatic rings. The summed E-state index contributed by atoms with van der Waals surface area (Å²) in [7, 11) is 0. The van der Waals surface area contributed by atoms with Crippen molar-refractivity contribution < 1.29 is 0 Å². The first-order chi connectivity index (χ1) is 9.79. The van der Waals surface area contributed by atoms with E-state index < -0.39 is 0 Å². The lowest BCUT2D eigenvalue weighted by Crippen LogP contribution is -2.49. The Morgan fingerprint density at radius 2 is 2.25 bits per heavy atom. The molecule has 2 N–H and O–H groups in total. The molecule has 4 rings (SSSR count). The van der Waals surface area contributed by atoms with Crippen molar-refractivity contribution in [1.82, 2.24) is 19.8 Å². The Morgan fingerprint density at radius 1 is 1.30 bits per heavy atom. The summed E-state index contributed by atoms with van der Waals surface area (Å²) in [6, 6.07) is 2.74. The fourth-order valence-corrected chi connectivity index (χ4v) is 4.18. The highest BCUT2D eigenvalue weighted by Gasteiger charge is 2.30. The zero-order valence-corrected chi connectivity index (χ0v) is 12.3. The Bertz CT molecular complexity index is 625. The first kappa shape index (κ1) is 12.5. The highest BCUT2D eigenvalue weighted by molar-refractivity contribution is 7.16. The molecule has 0 amide bonds. The van der Waals surface area contributed by atoms with Crippen LogP contribution in [0.25, 0.3) is 10.2 Å². The fourth-order valence-electron chi connectivity index (χ4n) is 3.39. The first-order valence-electron chi connectivity index (χ1n) is 7.25. The van der Waals surface area contributed by atoms with Crippen molar-refractivity contribution in [2.24, 2.45) is 0 Å². The van der Waals surface area contributed by atoms with Crippen molar-refractivity contribution in [2.75, 3.05) is 31.9 Å². The summed E-state index contributed by atoms with van der Waals surface area (Å²) in [4.78, 5) is 15.2. The van der Waals surface area contributed by atoms with E-state index in [9.17, 15) is 0 Å². The van der Waals surface area contributed by atoms with Gasteiger partial charge in [-0.05, 0) is 30.8 Å². The van der Waals surface area contributed by atoms with Crippen LogP contribution in [0.2, 0.25) is 0 Å². The van der Waals surface area contributed by atoms with Crippen molar-refractivity contribution in [2.45, 2.75) is 25.4 Å². The number of nitrogens with two attached hydrogens (primary N) is 1. The van der Waals surface area contributed by atoms with Gasteiger partial charge in [0.2, 0.25) is 0 Å². The maximum Gasteiger partial charge on any atom is 0.146 e. The van der Waals surface area contributed by atoms with Crippen molar-refractivity contribution in [3.8, 4) is 0 Å². The minimum atomic E-state index is 0.616. The van der Waals surface area contributed by atoms with Crippen molar-refractivity contribution in [1.29, 1.82) is 0 Å². The molecule has 0 spiro atoms. The number of aromatic nitrogens is 2. The second-order valence-corrected chi connectivity index (χ2v) is 6.63. The Balaban J connectivity index is 1.52. The van der Waals surface area contributed by atoms with Gasteiger partial charge in [-0.15, -0.1) is 11.3 Å². The van der Waals surface area contributed by atoms with Crippen LogP contribution in [0.4, 0.5) is 5.82 Å². The lowest BCUT2D eigenvalue weighted by atomic mass is 10.1. The zero-order valence-electron chi connectivity index (χ0n) is 11.5. The molecule has 2 aromatic rings. The average Bonchev–Trinajstić information content (AvgIpc) is 3.06. The predicted octanol–water partition coefficient (Wildman–Crippen LogP) is 1.55. The largest absolute Gasteiger partial charge is 0.383 e. The van der Waals surface area contributed by atoms with E-state index in [2.05, 4.69) is 19.8 Å². The summed E-state index contributed by atoms with van der Waals surface area (Å²) in [6.07, 6.45) is 2.69. The number of thiophene rings is 1. The summed E-state index contributed by atoms with van der Waals surface area (Å²) in [6.45, 7) is 5.54. The van der Waals surface area contributed by atoms with E-state index in [0.29, 0.717) is 5.82 Å². The van der Waals surface area contributed by atoms with Gasteiger partial charge in [0, 0.05) is 25.7 Å². The maximum atomic E-state index is 6.02. The summed E-state index contributed by atoms with van der Waals surface area (Å²) in [5.41, 5.74) is 6.02. The molecule has 0 saturated carbocycles. The molecule has 0 radical (unpaired) electrons. The lowest BCUT2D eigenvalue weighted by molar-refractivity contribution is 0.0975. The smallest absolute Gasteiger partial charge is 0.146 e. The number of anilines is 1. The molecule has 1 unspecified atom stereocenters. The molecule has 4 heterocycles. The summed E-state index contributed by atoms with van der Waals surface area (Å²) < 4.78 is 0. The van der Waals surface area contributed by atoms with Crippen LogP contribution in [-0.4, -0.2) is 52.0 Å². The van der Waals surface area contributed by atoms with Gasteiger partial charge < -0.3 is 5.73 Å². The summed E-state index contributed by atoms with van der Waals surface area (Å²) in [5, 5.41) is 3.01. The van der Waals surface area contributed by atoms with E-state index in [-0.39, 0.29) is 0 Å². The topological polar surface area (TPSA) is 58.3 Å². The standard InChI is InChI=1S/C14H19N5S/c15-13-11-3-7-20-14(11)17-12(16-13)9-18-5-6-19-4-1-2-10(19)8-18/h3,7,10H,1-2,4-6,8-9H2,(H2,15,16,17). The molecular formula is C14H19N5S. The number of hydrogen-bond acceptors (Lipinski definition) is 6. The number of nitrogen functional groups attached to an aromatic ring is 1. The first-order valence-corrected chi connectivity index (χ1v) is 8.13. The lowest BCUT2D eigenvalue weighted by Gasteiger charge is -2.37. The number of hydrogen-bond donors (Lipinski definition) is 1. The Morgan fingerprint density at radius 3 is 3.20 bits per heavy atom. The highest BCUT2D eigenvalue weighted by atomic mass is 32.1. The number of rotatable bonds is 2. The zero-order chi connectivity index (χ0) is 13.5. The van der Waals surface area contributed by atoms with E-state index >= 15 is 0 Å². The minimum absolute atomic E-state index is 0.616. The number of piperazine rings is 1. The van der Waals surface area contributed by atoms with Crippen LogP contribution < -0.4 is 5.73 Å². The number of nitrogens with zero attached hydrogens (tertiary/aromatic N) is 4. The predicted molar refractivity (Wildman–Crippen MR) is 81.7 cm³/mol. The van der Waals surface area contributed by atoms with Gasteiger partial charge in [0.15, 0.2) is 0 Å². The van der Waals surface area contributed by atoms with Gasteiger partial charge in [0.25, 0.3) is 0 Å². The van der Waals surface area contributed by atoms with E-state index in [0.717, 1.165) is 41.7 Å². The number of fused-ring (bicyclic) bond motifs is 2. The van der Waals surface area contributed by atoms with E-state index in [4.69, 9.17) is 5.73 Å². The van der Waals surface area contributed by atoms with Gasteiger partial charge in [0.1, 0.15) is 16.5 Å². The molecular weight excluding hydrogens is 270 g/mol. The molecule has 20 heavy (non-hydrogen) atoms. The normalized spacial score (nSPS) is 24.3. The molecule has 106 valence electrons. The summed E-state index contributed by atoms with van der Waals surface area (Å²) >= 11 is 1.64. The van der Waals surface area contributed by atoms with Gasteiger partial charge in [-0.1, -0.05) is 0 Å². The molecule has 1 atom stereocenters. The van der Waals surface area contributed by atoms with Crippen LogP contribution in [0.1, 0.15) is 18.7 Å². The van der Waals surface area contributed by atoms with Crippen LogP contribution in [0.15, 0.2) is 11.4 Å². The van der Waals surface area contributed by atoms with Crippen LogP contribution in [0, 0.1) is 0 Å². The molecule has 2 aromatic heterocycles. The molecule has 2 fully saturated rings. The second kappa shape index (κ2) is 4.95. The third-order valence-electron chi connectivity index (χ3n) is 4.44. The fraction of sp³-hybridized carbons (Fsp3) is 0.571.